The molecule has 1 saturated heterocycles. The highest BCUT2D eigenvalue weighted by Gasteiger charge is 2.20. The van der Waals surface area contributed by atoms with Crippen LogP contribution in [0.3, 0.4) is 0 Å². The molecule has 4 heteroatoms. The molecule has 0 aliphatic carbocycles. The number of nitrogens with one attached hydrogen (secondary N) is 1. The van der Waals surface area contributed by atoms with E-state index in [9.17, 15) is 0 Å². The first-order valence-electron chi connectivity index (χ1n) is 8.49. The predicted molar refractivity (Wildman–Crippen MR) is 86.4 cm³/mol. The molecule has 22 heavy (non-hydrogen) atoms. The van der Waals surface area contributed by atoms with Crippen molar-refractivity contribution in [2.24, 2.45) is 0 Å². The summed E-state index contributed by atoms with van der Waals surface area (Å²) in [6.07, 6.45) is 4.62. The van der Waals surface area contributed by atoms with Gasteiger partial charge in [0.15, 0.2) is 0 Å². The van der Waals surface area contributed by atoms with E-state index in [0.29, 0.717) is 12.1 Å². The molecule has 1 aromatic rings. The van der Waals surface area contributed by atoms with Gasteiger partial charge in [0.05, 0.1) is 19.3 Å². The first-order chi connectivity index (χ1) is 10.8. The molecule has 2 aliphatic heterocycles. The van der Waals surface area contributed by atoms with Gasteiger partial charge >= 0.3 is 0 Å². The topological polar surface area (TPSA) is 39.7 Å². The SMILES string of the molecule is Cc1cccc2c1OCCC[C@H]2NCCCO[C@@H]1CCOC1. The first-order valence-corrected chi connectivity index (χ1v) is 8.49. The zero-order valence-corrected chi connectivity index (χ0v) is 13.5. The van der Waals surface area contributed by atoms with Gasteiger partial charge in [-0.05, 0) is 44.7 Å². The number of hydrogen-bond acceptors (Lipinski definition) is 4. The van der Waals surface area contributed by atoms with Gasteiger partial charge in [0.2, 0.25) is 0 Å². The summed E-state index contributed by atoms with van der Waals surface area (Å²) >= 11 is 0. The van der Waals surface area contributed by atoms with Gasteiger partial charge in [-0.25, -0.2) is 0 Å². The van der Waals surface area contributed by atoms with E-state index in [2.05, 4.69) is 30.4 Å². The van der Waals surface area contributed by atoms with Crippen molar-refractivity contribution in [3.05, 3.63) is 29.3 Å². The van der Waals surface area contributed by atoms with Crippen molar-refractivity contribution in [2.45, 2.75) is 44.8 Å². The third-order valence-corrected chi connectivity index (χ3v) is 4.45. The molecule has 3 rings (SSSR count). The number of hydrogen-bond donors (Lipinski definition) is 1. The fourth-order valence-electron chi connectivity index (χ4n) is 3.22. The van der Waals surface area contributed by atoms with E-state index in [1.54, 1.807) is 0 Å². The van der Waals surface area contributed by atoms with E-state index < -0.39 is 0 Å². The second kappa shape index (κ2) is 7.95. The van der Waals surface area contributed by atoms with Crippen LogP contribution in [-0.2, 0) is 9.47 Å². The van der Waals surface area contributed by atoms with Crippen molar-refractivity contribution in [1.29, 1.82) is 0 Å². The lowest BCUT2D eigenvalue weighted by Gasteiger charge is -2.19. The molecular formula is C18H27NO3. The lowest BCUT2D eigenvalue weighted by atomic mass is 10.00. The highest BCUT2D eigenvalue weighted by molar-refractivity contribution is 5.43. The Balaban J connectivity index is 1.47. The minimum Gasteiger partial charge on any atom is -0.493 e. The zero-order valence-electron chi connectivity index (χ0n) is 13.5. The Bertz CT molecular complexity index is 471. The van der Waals surface area contributed by atoms with Gasteiger partial charge in [-0.2, -0.15) is 0 Å². The maximum absolute atomic E-state index is 5.93. The Hall–Kier alpha value is -1.10. The summed E-state index contributed by atoms with van der Waals surface area (Å²) in [6.45, 7) is 6.34. The van der Waals surface area contributed by atoms with Crippen molar-refractivity contribution in [2.75, 3.05) is 33.0 Å². The summed E-state index contributed by atoms with van der Waals surface area (Å²) < 4.78 is 17.1. The average Bonchev–Trinajstić information content (AvgIpc) is 2.95. The van der Waals surface area contributed by atoms with E-state index in [4.69, 9.17) is 14.2 Å². The zero-order chi connectivity index (χ0) is 15.2. The normalized spacial score (nSPS) is 24.6. The number of aryl methyl sites for hydroxylation is 1. The van der Waals surface area contributed by atoms with Gasteiger partial charge in [-0.3, -0.25) is 0 Å². The smallest absolute Gasteiger partial charge is 0.126 e. The summed E-state index contributed by atoms with van der Waals surface area (Å²) in [5.41, 5.74) is 2.54. The minimum absolute atomic E-state index is 0.314. The number of fused-ring (bicyclic) bond motifs is 1. The van der Waals surface area contributed by atoms with Crippen molar-refractivity contribution in [3.8, 4) is 5.75 Å². The van der Waals surface area contributed by atoms with Crippen molar-refractivity contribution in [1.82, 2.24) is 5.32 Å². The number of rotatable bonds is 6. The third kappa shape index (κ3) is 4.00. The van der Waals surface area contributed by atoms with Gasteiger partial charge in [-0.1, -0.05) is 18.2 Å². The van der Waals surface area contributed by atoms with Crippen LogP contribution in [-0.4, -0.2) is 39.1 Å². The van der Waals surface area contributed by atoms with Gasteiger partial charge in [-0.15, -0.1) is 0 Å². The van der Waals surface area contributed by atoms with Crippen LogP contribution in [0.15, 0.2) is 18.2 Å². The number of benzene rings is 1. The Morgan fingerprint density at radius 2 is 2.23 bits per heavy atom. The molecule has 1 N–H and O–H groups in total. The quantitative estimate of drug-likeness (QED) is 0.820. The summed E-state index contributed by atoms with van der Waals surface area (Å²) in [4.78, 5) is 0. The third-order valence-electron chi connectivity index (χ3n) is 4.45. The molecule has 0 radical (unpaired) electrons. The Morgan fingerprint density at radius 1 is 1.27 bits per heavy atom. The van der Waals surface area contributed by atoms with Gasteiger partial charge in [0.1, 0.15) is 5.75 Å². The van der Waals surface area contributed by atoms with Crippen LogP contribution in [0.1, 0.15) is 42.9 Å². The van der Waals surface area contributed by atoms with Crippen LogP contribution < -0.4 is 10.1 Å². The molecule has 0 amide bonds. The first kappa shape index (κ1) is 15.8. The van der Waals surface area contributed by atoms with Gasteiger partial charge < -0.3 is 19.5 Å². The summed E-state index contributed by atoms with van der Waals surface area (Å²) in [5.74, 6) is 1.08. The molecule has 1 fully saturated rings. The molecule has 4 nitrogen and oxygen atoms in total. The molecule has 1 aromatic carbocycles. The molecule has 2 heterocycles. The molecule has 0 saturated carbocycles. The summed E-state index contributed by atoms with van der Waals surface area (Å²) in [5, 5.41) is 3.68. The Morgan fingerprint density at radius 3 is 3.09 bits per heavy atom. The lowest BCUT2D eigenvalue weighted by Crippen LogP contribution is -2.24. The average molecular weight is 305 g/mol. The molecule has 0 spiro atoms. The number of para-hydroxylation sites is 1. The van der Waals surface area contributed by atoms with E-state index in [1.165, 1.54) is 11.1 Å². The highest BCUT2D eigenvalue weighted by atomic mass is 16.5. The second-order valence-electron chi connectivity index (χ2n) is 6.20. The minimum atomic E-state index is 0.314. The van der Waals surface area contributed by atoms with Crippen LogP contribution >= 0.6 is 0 Å². The van der Waals surface area contributed by atoms with Crippen molar-refractivity contribution < 1.29 is 14.2 Å². The van der Waals surface area contributed by atoms with Crippen LogP contribution in [0.4, 0.5) is 0 Å². The molecule has 0 unspecified atom stereocenters. The molecule has 0 bridgehead atoms. The molecule has 122 valence electrons. The van der Waals surface area contributed by atoms with Gasteiger partial charge in [0, 0.05) is 24.8 Å². The van der Waals surface area contributed by atoms with Crippen molar-refractivity contribution >= 4 is 0 Å². The monoisotopic (exact) mass is 305 g/mol. The molecule has 2 aliphatic rings. The standard InChI is InChI=1S/C18H27NO3/c1-14-5-2-6-16-17(7-3-10-22-18(14)16)19-9-4-11-21-15-8-12-20-13-15/h2,5-6,15,17,19H,3-4,7-13H2,1H3/t15-,17-/m1/s1. The fourth-order valence-corrected chi connectivity index (χ4v) is 3.22. The molecular weight excluding hydrogens is 278 g/mol. The van der Waals surface area contributed by atoms with E-state index in [-0.39, 0.29) is 0 Å². The summed E-state index contributed by atoms with van der Waals surface area (Å²) in [6, 6.07) is 6.84. The fraction of sp³-hybridized carbons (Fsp3) is 0.667. The van der Waals surface area contributed by atoms with Crippen LogP contribution in [0.25, 0.3) is 0 Å². The van der Waals surface area contributed by atoms with Crippen molar-refractivity contribution in [3.63, 3.8) is 0 Å². The number of ether oxygens (including phenoxy) is 3. The maximum atomic E-state index is 5.93. The lowest BCUT2D eigenvalue weighted by molar-refractivity contribution is 0.0413. The van der Waals surface area contributed by atoms with E-state index in [0.717, 1.165) is 64.4 Å². The van der Waals surface area contributed by atoms with E-state index in [1.807, 2.05) is 0 Å². The maximum Gasteiger partial charge on any atom is 0.126 e. The van der Waals surface area contributed by atoms with E-state index >= 15 is 0 Å². The Labute approximate surface area is 133 Å². The molecule has 2 atom stereocenters. The Kier molecular flexibility index (Phi) is 5.70. The van der Waals surface area contributed by atoms with Crippen LogP contribution in [0, 0.1) is 6.92 Å². The van der Waals surface area contributed by atoms with Crippen LogP contribution in [0.2, 0.25) is 0 Å². The largest absolute Gasteiger partial charge is 0.493 e. The summed E-state index contributed by atoms with van der Waals surface area (Å²) in [7, 11) is 0. The van der Waals surface area contributed by atoms with Crippen LogP contribution in [0.5, 0.6) is 5.75 Å². The predicted octanol–water partition coefficient (Wildman–Crippen LogP) is 2.99. The highest BCUT2D eigenvalue weighted by Crippen LogP contribution is 2.33. The molecule has 0 aromatic heterocycles. The van der Waals surface area contributed by atoms with Gasteiger partial charge in [0.25, 0.3) is 0 Å². The second-order valence-corrected chi connectivity index (χ2v) is 6.20.